The third kappa shape index (κ3) is 3.88. The standard InChI is InChI=1S/C25H29N5O2/c1-17-21(18(2)28(3)27-17)15-30-24(31)16-32-23-10-9-22(26-25(23)30)20-11-12-29(14-20)13-19-7-5-4-6-8-19/h4-10,20H,11-16H2,1-3H3. The molecule has 1 saturated heterocycles. The molecule has 0 aliphatic carbocycles. The summed E-state index contributed by atoms with van der Waals surface area (Å²) in [5.74, 6) is 1.58. The van der Waals surface area contributed by atoms with Crippen LogP contribution < -0.4 is 9.64 Å². The summed E-state index contributed by atoms with van der Waals surface area (Å²) >= 11 is 0. The average Bonchev–Trinajstić information content (AvgIpc) is 3.35. The molecule has 0 radical (unpaired) electrons. The molecule has 2 aliphatic heterocycles. The SMILES string of the molecule is Cc1nn(C)c(C)c1CN1C(=O)COc2ccc(C3CCN(Cc4ccccc4)C3)nc21. The van der Waals surface area contributed by atoms with Crippen molar-refractivity contribution < 1.29 is 9.53 Å². The Bertz CT molecular complexity index is 1140. The predicted octanol–water partition coefficient (Wildman–Crippen LogP) is 3.35. The third-order valence-corrected chi connectivity index (χ3v) is 6.68. The molecule has 2 aliphatic rings. The number of carbonyl (C=O) groups is 1. The zero-order valence-corrected chi connectivity index (χ0v) is 18.9. The summed E-state index contributed by atoms with van der Waals surface area (Å²) in [6.45, 7) is 7.49. The van der Waals surface area contributed by atoms with E-state index in [1.54, 1.807) is 4.90 Å². The Morgan fingerprint density at radius 1 is 1.09 bits per heavy atom. The van der Waals surface area contributed by atoms with E-state index in [4.69, 9.17) is 9.72 Å². The van der Waals surface area contributed by atoms with Gasteiger partial charge in [0.1, 0.15) is 0 Å². The summed E-state index contributed by atoms with van der Waals surface area (Å²) in [6.07, 6.45) is 1.06. The van der Waals surface area contributed by atoms with Crippen LogP contribution in [0, 0.1) is 13.8 Å². The van der Waals surface area contributed by atoms with Crippen LogP contribution in [0.15, 0.2) is 42.5 Å². The molecule has 166 valence electrons. The van der Waals surface area contributed by atoms with Crippen LogP contribution in [0.25, 0.3) is 0 Å². The molecule has 0 bridgehead atoms. The van der Waals surface area contributed by atoms with E-state index in [1.165, 1.54) is 5.56 Å². The fourth-order valence-electron chi connectivity index (χ4n) is 4.75. The summed E-state index contributed by atoms with van der Waals surface area (Å²) in [4.78, 5) is 22.0. The van der Waals surface area contributed by atoms with Gasteiger partial charge in [0.15, 0.2) is 18.2 Å². The van der Waals surface area contributed by atoms with Crippen LogP contribution in [0.5, 0.6) is 5.75 Å². The van der Waals surface area contributed by atoms with Gasteiger partial charge in [0, 0.05) is 43.0 Å². The molecular formula is C25H29N5O2. The quantitative estimate of drug-likeness (QED) is 0.620. The molecule has 4 heterocycles. The maximum absolute atomic E-state index is 12.8. The van der Waals surface area contributed by atoms with Gasteiger partial charge in [-0.3, -0.25) is 19.3 Å². The van der Waals surface area contributed by atoms with Gasteiger partial charge in [-0.25, -0.2) is 4.98 Å². The van der Waals surface area contributed by atoms with Gasteiger partial charge >= 0.3 is 0 Å². The zero-order chi connectivity index (χ0) is 22.2. The van der Waals surface area contributed by atoms with Crippen LogP contribution in [0.2, 0.25) is 0 Å². The summed E-state index contributed by atoms with van der Waals surface area (Å²) in [7, 11) is 1.93. The minimum Gasteiger partial charge on any atom is -0.480 e. The smallest absolute Gasteiger partial charge is 0.266 e. The van der Waals surface area contributed by atoms with Gasteiger partial charge in [0.25, 0.3) is 5.91 Å². The van der Waals surface area contributed by atoms with E-state index < -0.39 is 0 Å². The molecule has 32 heavy (non-hydrogen) atoms. The van der Waals surface area contributed by atoms with Crippen LogP contribution in [0.4, 0.5) is 5.82 Å². The van der Waals surface area contributed by atoms with Gasteiger partial charge < -0.3 is 4.74 Å². The number of hydrogen-bond acceptors (Lipinski definition) is 5. The summed E-state index contributed by atoms with van der Waals surface area (Å²) in [5, 5.41) is 4.50. The summed E-state index contributed by atoms with van der Waals surface area (Å²) in [5.41, 5.74) is 5.43. The molecule has 1 amide bonds. The van der Waals surface area contributed by atoms with Crippen LogP contribution >= 0.6 is 0 Å². The minimum absolute atomic E-state index is 0.0423. The van der Waals surface area contributed by atoms with Crippen LogP contribution in [-0.2, 0) is 24.9 Å². The first-order valence-electron chi connectivity index (χ1n) is 11.2. The van der Waals surface area contributed by atoms with Crippen molar-refractivity contribution in [3.05, 3.63) is 70.7 Å². The lowest BCUT2D eigenvalue weighted by atomic mass is 10.0. The zero-order valence-electron chi connectivity index (χ0n) is 18.9. The van der Waals surface area contributed by atoms with Crippen molar-refractivity contribution in [3.63, 3.8) is 0 Å². The number of anilines is 1. The fraction of sp³-hybridized carbons (Fsp3) is 0.400. The largest absolute Gasteiger partial charge is 0.480 e. The molecule has 1 fully saturated rings. The fourth-order valence-corrected chi connectivity index (χ4v) is 4.75. The first-order chi connectivity index (χ1) is 15.5. The second kappa shape index (κ2) is 8.39. The van der Waals surface area contributed by atoms with Crippen molar-refractivity contribution >= 4 is 11.7 Å². The molecule has 0 spiro atoms. The number of carbonyl (C=O) groups excluding carboxylic acids is 1. The van der Waals surface area contributed by atoms with Crippen molar-refractivity contribution in [2.24, 2.45) is 7.05 Å². The van der Waals surface area contributed by atoms with E-state index in [0.29, 0.717) is 24.0 Å². The number of ether oxygens (including phenoxy) is 1. The van der Waals surface area contributed by atoms with E-state index in [2.05, 4.69) is 46.4 Å². The van der Waals surface area contributed by atoms with Gasteiger partial charge in [0.2, 0.25) is 0 Å². The number of rotatable bonds is 5. The van der Waals surface area contributed by atoms with Gasteiger partial charge in [-0.05, 0) is 44.5 Å². The minimum atomic E-state index is -0.0677. The molecule has 1 unspecified atom stereocenters. The van der Waals surface area contributed by atoms with Crippen molar-refractivity contribution in [2.45, 2.75) is 39.3 Å². The highest BCUT2D eigenvalue weighted by Gasteiger charge is 2.31. The highest BCUT2D eigenvalue weighted by molar-refractivity contribution is 5.96. The lowest BCUT2D eigenvalue weighted by Gasteiger charge is -2.29. The number of nitrogens with zero attached hydrogens (tertiary/aromatic N) is 5. The Balaban J connectivity index is 1.37. The monoisotopic (exact) mass is 431 g/mol. The molecule has 0 N–H and O–H groups in total. The molecule has 5 rings (SSSR count). The number of benzene rings is 1. The van der Waals surface area contributed by atoms with Gasteiger partial charge in [-0.1, -0.05) is 30.3 Å². The number of pyridine rings is 1. The summed E-state index contributed by atoms with van der Waals surface area (Å²) in [6, 6.07) is 14.6. The number of likely N-dealkylation sites (tertiary alicyclic amines) is 1. The molecule has 3 aromatic rings. The molecule has 1 aromatic carbocycles. The van der Waals surface area contributed by atoms with Crippen LogP contribution in [-0.4, -0.2) is 45.3 Å². The topological polar surface area (TPSA) is 63.5 Å². The lowest BCUT2D eigenvalue weighted by molar-refractivity contribution is -0.121. The summed E-state index contributed by atoms with van der Waals surface area (Å²) < 4.78 is 7.56. The van der Waals surface area contributed by atoms with E-state index in [-0.39, 0.29) is 12.5 Å². The van der Waals surface area contributed by atoms with Crippen molar-refractivity contribution in [3.8, 4) is 5.75 Å². The van der Waals surface area contributed by atoms with Gasteiger partial charge in [0.05, 0.1) is 12.2 Å². The second-order valence-corrected chi connectivity index (χ2v) is 8.81. The van der Waals surface area contributed by atoms with Crippen LogP contribution in [0.3, 0.4) is 0 Å². The van der Waals surface area contributed by atoms with E-state index in [9.17, 15) is 4.79 Å². The predicted molar refractivity (Wildman–Crippen MR) is 123 cm³/mol. The lowest BCUT2D eigenvalue weighted by Crippen LogP contribution is -2.39. The average molecular weight is 432 g/mol. The Hall–Kier alpha value is -3.19. The number of aryl methyl sites for hydroxylation is 2. The number of fused-ring (bicyclic) bond motifs is 1. The first kappa shape index (κ1) is 20.7. The molecule has 2 aromatic heterocycles. The van der Waals surface area contributed by atoms with Gasteiger partial charge in [-0.15, -0.1) is 0 Å². The molecule has 7 heteroatoms. The second-order valence-electron chi connectivity index (χ2n) is 8.81. The third-order valence-electron chi connectivity index (χ3n) is 6.68. The Labute approximate surface area is 188 Å². The Morgan fingerprint density at radius 3 is 2.66 bits per heavy atom. The van der Waals surface area contributed by atoms with Crippen molar-refractivity contribution in [1.82, 2.24) is 19.7 Å². The number of amides is 1. The molecular weight excluding hydrogens is 402 g/mol. The highest BCUT2D eigenvalue weighted by atomic mass is 16.5. The van der Waals surface area contributed by atoms with Crippen LogP contribution in [0.1, 0.15) is 40.5 Å². The first-order valence-corrected chi connectivity index (χ1v) is 11.2. The molecule has 7 nitrogen and oxygen atoms in total. The molecule has 0 saturated carbocycles. The normalized spacial score (nSPS) is 18.7. The Morgan fingerprint density at radius 2 is 1.91 bits per heavy atom. The number of aromatic nitrogens is 3. The number of hydrogen-bond donors (Lipinski definition) is 0. The highest BCUT2D eigenvalue weighted by Crippen LogP contribution is 2.35. The van der Waals surface area contributed by atoms with E-state index in [1.807, 2.05) is 31.6 Å². The van der Waals surface area contributed by atoms with E-state index >= 15 is 0 Å². The van der Waals surface area contributed by atoms with Crippen molar-refractivity contribution in [2.75, 3.05) is 24.6 Å². The van der Waals surface area contributed by atoms with Crippen molar-refractivity contribution in [1.29, 1.82) is 0 Å². The van der Waals surface area contributed by atoms with Gasteiger partial charge in [-0.2, -0.15) is 5.10 Å². The maximum atomic E-state index is 12.8. The maximum Gasteiger partial charge on any atom is 0.266 e. The Kier molecular flexibility index (Phi) is 5.43. The van der Waals surface area contributed by atoms with E-state index in [0.717, 1.165) is 48.7 Å². The molecule has 1 atom stereocenters.